The average Bonchev–Trinajstić information content (AvgIpc) is 2.35. The van der Waals surface area contributed by atoms with Gasteiger partial charge in [0.05, 0.1) is 0 Å². The minimum atomic E-state index is -0.402. The lowest BCUT2D eigenvalue weighted by Gasteiger charge is -2.28. The lowest BCUT2D eigenvalue weighted by Crippen LogP contribution is -2.43. The van der Waals surface area contributed by atoms with E-state index in [4.69, 9.17) is 5.73 Å². The molecule has 1 aromatic carbocycles. The third-order valence-corrected chi connectivity index (χ3v) is 3.08. The van der Waals surface area contributed by atoms with Crippen molar-refractivity contribution >= 4 is 28.7 Å². The lowest BCUT2D eigenvalue weighted by atomic mass is 10.2. The largest absolute Gasteiger partial charge is 0.351 e. The van der Waals surface area contributed by atoms with E-state index in [9.17, 15) is 4.79 Å². The Morgan fingerprint density at radius 1 is 1.21 bits per heavy atom. The second kappa shape index (κ2) is 8.93. The molecule has 0 saturated carbocycles. The first kappa shape index (κ1) is 17.9. The van der Waals surface area contributed by atoms with E-state index >= 15 is 0 Å². The Labute approximate surface area is 126 Å². The Balaban J connectivity index is 0.00000324. The molecule has 0 aromatic heterocycles. The second-order valence-electron chi connectivity index (χ2n) is 4.55. The summed E-state index contributed by atoms with van der Waals surface area (Å²) in [7, 11) is 0. The molecule has 5 heteroatoms. The Morgan fingerprint density at radius 3 is 2.21 bits per heavy atom. The van der Waals surface area contributed by atoms with Crippen molar-refractivity contribution in [3.63, 3.8) is 0 Å². The molecule has 4 nitrogen and oxygen atoms in total. The zero-order valence-corrected chi connectivity index (χ0v) is 13.6. The number of primary amides is 1. The van der Waals surface area contributed by atoms with E-state index in [0.29, 0.717) is 12.6 Å². The van der Waals surface area contributed by atoms with Crippen molar-refractivity contribution in [2.75, 3.05) is 24.5 Å². The summed E-state index contributed by atoms with van der Waals surface area (Å²) in [5.41, 5.74) is 6.29. The van der Waals surface area contributed by atoms with Gasteiger partial charge in [0, 0.05) is 24.8 Å². The molecular formula is C14H24BrN3O. The van der Waals surface area contributed by atoms with Gasteiger partial charge in [-0.15, -0.1) is 17.0 Å². The van der Waals surface area contributed by atoms with Gasteiger partial charge in [-0.3, -0.25) is 9.80 Å². The zero-order chi connectivity index (χ0) is 13.5. The first-order chi connectivity index (χ1) is 8.56. The average molecular weight is 330 g/mol. The fourth-order valence-corrected chi connectivity index (χ4v) is 1.98. The van der Waals surface area contributed by atoms with Crippen LogP contribution in [0.5, 0.6) is 0 Å². The van der Waals surface area contributed by atoms with Crippen LogP contribution >= 0.6 is 17.0 Å². The van der Waals surface area contributed by atoms with Crippen LogP contribution in [0.25, 0.3) is 0 Å². The van der Waals surface area contributed by atoms with Crippen LogP contribution in [0.15, 0.2) is 30.3 Å². The maximum atomic E-state index is 11.5. The molecule has 108 valence electrons. The number of hydrogen-bond donors (Lipinski definition) is 1. The highest BCUT2D eigenvalue weighted by Gasteiger charge is 2.14. The van der Waals surface area contributed by atoms with E-state index in [1.165, 1.54) is 0 Å². The molecule has 0 aliphatic carbocycles. The van der Waals surface area contributed by atoms with Crippen LogP contribution < -0.4 is 10.6 Å². The summed E-state index contributed by atoms with van der Waals surface area (Å²) in [5.74, 6) is 0. The number of hydrogen-bond acceptors (Lipinski definition) is 2. The summed E-state index contributed by atoms with van der Waals surface area (Å²) in [6.07, 6.45) is 0. The fraction of sp³-hybridized carbons (Fsp3) is 0.500. The van der Waals surface area contributed by atoms with Gasteiger partial charge < -0.3 is 5.73 Å². The Morgan fingerprint density at radius 2 is 1.79 bits per heavy atom. The zero-order valence-electron chi connectivity index (χ0n) is 11.9. The van der Waals surface area contributed by atoms with E-state index < -0.39 is 6.03 Å². The van der Waals surface area contributed by atoms with E-state index in [1.807, 2.05) is 30.3 Å². The smallest absolute Gasteiger partial charge is 0.319 e. The van der Waals surface area contributed by atoms with Crippen molar-refractivity contribution in [3.8, 4) is 0 Å². The Kier molecular flexibility index (Phi) is 8.43. The van der Waals surface area contributed by atoms with Gasteiger partial charge in [-0.2, -0.15) is 0 Å². The first-order valence-electron chi connectivity index (χ1n) is 6.42. The van der Waals surface area contributed by atoms with Crippen LogP contribution in [-0.4, -0.2) is 36.6 Å². The number of rotatable bonds is 6. The van der Waals surface area contributed by atoms with Crippen molar-refractivity contribution in [2.45, 2.75) is 26.8 Å². The van der Waals surface area contributed by atoms with E-state index in [0.717, 1.165) is 18.8 Å². The second-order valence-corrected chi connectivity index (χ2v) is 4.55. The molecule has 0 fully saturated rings. The number of carbonyl (C=O) groups excluding carboxylic acids is 1. The monoisotopic (exact) mass is 329 g/mol. The number of likely N-dealkylation sites (N-methyl/N-ethyl adjacent to an activating group) is 1. The van der Waals surface area contributed by atoms with Crippen LogP contribution in [-0.2, 0) is 0 Å². The van der Waals surface area contributed by atoms with Crippen LogP contribution in [0.1, 0.15) is 20.8 Å². The van der Waals surface area contributed by atoms with Gasteiger partial charge in [-0.1, -0.05) is 25.1 Å². The maximum Gasteiger partial charge on any atom is 0.319 e. The summed E-state index contributed by atoms with van der Waals surface area (Å²) in [5, 5.41) is 0. The summed E-state index contributed by atoms with van der Waals surface area (Å²) < 4.78 is 0. The number of carbonyl (C=O) groups is 1. The molecule has 19 heavy (non-hydrogen) atoms. The number of halogens is 1. The molecule has 1 rings (SSSR count). The molecule has 0 aliphatic rings. The molecule has 0 saturated heterocycles. The Bertz CT molecular complexity index is 370. The highest BCUT2D eigenvalue weighted by atomic mass is 79.9. The summed E-state index contributed by atoms with van der Waals surface area (Å²) in [6, 6.07) is 9.61. The first-order valence-corrected chi connectivity index (χ1v) is 6.42. The third kappa shape index (κ3) is 5.61. The number of benzene rings is 1. The number of amides is 2. The SMILES string of the molecule is Br.CCN(CCN(C(N)=O)c1ccccc1)C(C)C. The third-order valence-electron chi connectivity index (χ3n) is 3.08. The van der Waals surface area contributed by atoms with Crippen LogP contribution in [0, 0.1) is 0 Å². The Hall–Kier alpha value is -1.07. The molecule has 0 aliphatic heterocycles. The molecule has 2 amide bonds. The van der Waals surface area contributed by atoms with Gasteiger partial charge in [0.2, 0.25) is 0 Å². The molecule has 0 radical (unpaired) electrons. The molecular weight excluding hydrogens is 306 g/mol. The van der Waals surface area contributed by atoms with Crippen LogP contribution in [0.2, 0.25) is 0 Å². The van der Waals surface area contributed by atoms with Crippen molar-refractivity contribution in [1.82, 2.24) is 4.90 Å². The summed E-state index contributed by atoms with van der Waals surface area (Å²) >= 11 is 0. The highest BCUT2D eigenvalue weighted by molar-refractivity contribution is 8.93. The molecule has 1 aromatic rings. The highest BCUT2D eigenvalue weighted by Crippen LogP contribution is 2.13. The number of nitrogens with two attached hydrogens (primary N) is 1. The van der Waals surface area contributed by atoms with Crippen molar-refractivity contribution < 1.29 is 4.79 Å². The summed E-state index contributed by atoms with van der Waals surface area (Å²) in [6.45, 7) is 8.84. The van der Waals surface area contributed by atoms with Crippen LogP contribution in [0.4, 0.5) is 10.5 Å². The normalized spacial score (nSPS) is 10.4. The van der Waals surface area contributed by atoms with Crippen LogP contribution in [0.3, 0.4) is 0 Å². The van der Waals surface area contributed by atoms with Gasteiger partial charge in [-0.05, 0) is 32.5 Å². The predicted octanol–water partition coefficient (Wildman–Crippen LogP) is 2.88. The minimum Gasteiger partial charge on any atom is -0.351 e. The molecule has 2 N–H and O–H groups in total. The number of anilines is 1. The summed E-state index contributed by atoms with van der Waals surface area (Å²) in [4.78, 5) is 15.4. The molecule has 0 spiro atoms. The van der Waals surface area contributed by atoms with Crippen molar-refractivity contribution in [1.29, 1.82) is 0 Å². The van der Waals surface area contributed by atoms with Crippen molar-refractivity contribution in [3.05, 3.63) is 30.3 Å². The molecule has 0 unspecified atom stereocenters. The number of urea groups is 1. The van der Waals surface area contributed by atoms with Gasteiger partial charge in [0.25, 0.3) is 0 Å². The molecule has 0 heterocycles. The lowest BCUT2D eigenvalue weighted by molar-refractivity contribution is 0.233. The van der Waals surface area contributed by atoms with E-state index in [2.05, 4.69) is 25.7 Å². The molecule has 0 atom stereocenters. The molecule has 0 bridgehead atoms. The van der Waals surface area contributed by atoms with E-state index in [1.54, 1.807) is 4.90 Å². The topological polar surface area (TPSA) is 49.6 Å². The quantitative estimate of drug-likeness (QED) is 0.872. The maximum absolute atomic E-state index is 11.5. The minimum absolute atomic E-state index is 0. The van der Waals surface area contributed by atoms with Gasteiger partial charge in [0.15, 0.2) is 0 Å². The number of nitrogens with zero attached hydrogens (tertiary/aromatic N) is 2. The van der Waals surface area contributed by atoms with Gasteiger partial charge >= 0.3 is 6.03 Å². The predicted molar refractivity (Wildman–Crippen MR) is 86.1 cm³/mol. The number of para-hydroxylation sites is 1. The van der Waals surface area contributed by atoms with Gasteiger partial charge in [-0.25, -0.2) is 4.79 Å². The van der Waals surface area contributed by atoms with Crippen molar-refractivity contribution in [2.24, 2.45) is 5.73 Å². The van der Waals surface area contributed by atoms with Gasteiger partial charge in [0.1, 0.15) is 0 Å². The van der Waals surface area contributed by atoms with E-state index in [-0.39, 0.29) is 17.0 Å². The fourth-order valence-electron chi connectivity index (χ4n) is 1.98. The standard InChI is InChI=1S/C14H23N3O.BrH/c1-4-16(12(2)3)10-11-17(14(15)18)13-8-6-5-7-9-13;/h5-9,12H,4,10-11H2,1-3H3,(H2,15,18);1H.